The number of likely N-dealkylation sites (tertiary alicyclic amines) is 1. The number of methoxy groups -OCH3 is 1. The van der Waals surface area contributed by atoms with Crippen molar-refractivity contribution in [3.63, 3.8) is 0 Å². The molecule has 0 bridgehead atoms. The second kappa shape index (κ2) is 4.99. The molecular formula is C19H22N2O4. The number of carbonyl (C=O) groups excluding carboxylic acids is 1. The van der Waals surface area contributed by atoms with Gasteiger partial charge in [-0.15, -0.1) is 0 Å². The van der Waals surface area contributed by atoms with Gasteiger partial charge in [0.2, 0.25) is 12.7 Å². The van der Waals surface area contributed by atoms with Crippen molar-refractivity contribution in [3.8, 4) is 11.5 Å². The number of carbonyl (C=O) groups is 1. The quantitative estimate of drug-likeness (QED) is 0.720. The van der Waals surface area contributed by atoms with Gasteiger partial charge in [-0.25, -0.2) is 0 Å². The Hall–Kier alpha value is -2.05. The zero-order valence-electron chi connectivity index (χ0n) is 14.7. The van der Waals surface area contributed by atoms with Crippen LogP contribution in [0.3, 0.4) is 0 Å². The van der Waals surface area contributed by atoms with E-state index in [4.69, 9.17) is 14.2 Å². The molecule has 0 radical (unpaired) electrons. The maximum Gasteiger partial charge on any atom is 0.241 e. The van der Waals surface area contributed by atoms with Crippen LogP contribution >= 0.6 is 0 Å². The summed E-state index contributed by atoms with van der Waals surface area (Å²) in [6.07, 6.45) is 5.16. The molecule has 4 aliphatic rings. The van der Waals surface area contributed by atoms with E-state index in [0.29, 0.717) is 0 Å². The fourth-order valence-electron chi connectivity index (χ4n) is 5.20. The molecule has 0 saturated carbocycles. The van der Waals surface area contributed by atoms with E-state index in [1.807, 2.05) is 19.0 Å². The van der Waals surface area contributed by atoms with E-state index in [0.717, 1.165) is 24.5 Å². The zero-order chi connectivity index (χ0) is 17.3. The first kappa shape index (κ1) is 15.2. The lowest BCUT2D eigenvalue weighted by Gasteiger charge is -2.47. The third-order valence-electron chi connectivity index (χ3n) is 6.32. The third kappa shape index (κ3) is 1.79. The maximum absolute atomic E-state index is 13.1. The molecule has 1 fully saturated rings. The second-order valence-electron chi connectivity index (χ2n) is 7.45. The Morgan fingerprint density at radius 1 is 1.24 bits per heavy atom. The molecule has 4 atom stereocenters. The molecule has 1 saturated heterocycles. The predicted molar refractivity (Wildman–Crippen MR) is 90.6 cm³/mol. The molecule has 3 heterocycles. The highest BCUT2D eigenvalue weighted by atomic mass is 16.7. The molecule has 1 aromatic rings. The summed E-state index contributed by atoms with van der Waals surface area (Å²) in [6, 6.07) is 4.05. The van der Waals surface area contributed by atoms with Crippen LogP contribution in [-0.4, -0.2) is 61.9 Å². The van der Waals surface area contributed by atoms with Crippen molar-refractivity contribution in [1.82, 2.24) is 9.80 Å². The molecule has 1 amide bonds. The average molecular weight is 342 g/mol. The van der Waals surface area contributed by atoms with Crippen LogP contribution in [0.5, 0.6) is 11.5 Å². The van der Waals surface area contributed by atoms with Crippen LogP contribution in [0.15, 0.2) is 24.3 Å². The fraction of sp³-hybridized carbons (Fsp3) is 0.526. The van der Waals surface area contributed by atoms with Gasteiger partial charge in [0.1, 0.15) is 6.04 Å². The van der Waals surface area contributed by atoms with Gasteiger partial charge < -0.3 is 19.1 Å². The topological polar surface area (TPSA) is 51.2 Å². The van der Waals surface area contributed by atoms with Gasteiger partial charge in [-0.1, -0.05) is 12.2 Å². The lowest BCUT2D eigenvalue weighted by molar-refractivity contribution is -0.132. The van der Waals surface area contributed by atoms with Gasteiger partial charge in [0, 0.05) is 26.7 Å². The molecule has 25 heavy (non-hydrogen) atoms. The van der Waals surface area contributed by atoms with E-state index >= 15 is 0 Å². The van der Waals surface area contributed by atoms with Crippen LogP contribution < -0.4 is 9.47 Å². The van der Waals surface area contributed by atoms with E-state index in [1.165, 1.54) is 11.1 Å². The van der Waals surface area contributed by atoms with E-state index < -0.39 is 0 Å². The summed E-state index contributed by atoms with van der Waals surface area (Å²) >= 11 is 0. The van der Waals surface area contributed by atoms with E-state index in [9.17, 15) is 4.79 Å². The molecule has 0 unspecified atom stereocenters. The van der Waals surface area contributed by atoms with Crippen molar-refractivity contribution >= 4 is 5.91 Å². The molecule has 5 rings (SSSR count). The smallest absolute Gasteiger partial charge is 0.241 e. The Morgan fingerprint density at radius 3 is 2.76 bits per heavy atom. The number of amides is 1. The van der Waals surface area contributed by atoms with Crippen molar-refractivity contribution in [1.29, 1.82) is 0 Å². The van der Waals surface area contributed by atoms with Crippen molar-refractivity contribution in [2.24, 2.45) is 0 Å². The van der Waals surface area contributed by atoms with Crippen molar-refractivity contribution < 1.29 is 19.0 Å². The molecular weight excluding hydrogens is 320 g/mol. The monoisotopic (exact) mass is 342 g/mol. The van der Waals surface area contributed by atoms with Crippen LogP contribution in [0.4, 0.5) is 0 Å². The summed E-state index contributed by atoms with van der Waals surface area (Å²) < 4.78 is 16.8. The van der Waals surface area contributed by atoms with Crippen LogP contribution in [0.2, 0.25) is 0 Å². The Labute approximate surface area is 146 Å². The van der Waals surface area contributed by atoms with E-state index in [2.05, 4.69) is 29.2 Å². The number of hydrogen-bond acceptors (Lipinski definition) is 5. The highest BCUT2D eigenvalue weighted by Crippen LogP contribution is 2.53. The van der Waals surface area contributed by atoms with Crippen LogP contribution in [-0.2, 0) is 21.5 Å². The zero-order valence-corrected chi connectivity index (χ0v) is 14.7. The predicted octanol–water partition coefficient (Wildman–Crippen LogP) is 1.28. The number of hydrogen-bond donors (Lipinski definition) is 0. The van der Waals surface area contributed by atoms with Crippen molar-refractivity contribution in [3.05, 3.63) is 35.4 Å². The van der Waals surface area contributed by atoms with E-state index in [1.54, 1.807) is 7.11 Å². The average Bonchev–Trinajstić information content (AvgIpc) is 3.15. The summed E-state index contributed by atoms with van der Waals surface area (Å²) in [6.45, 7) is 0.987. The van der Waals surface area contributed by atoms with Crippen molar-refractivity contribution in [2.45, 2.75) is 36.6 Å². The molecule has 3 aliphatic heterocycles. The van der Waals surface area contributed by atoms with Gasteiger partial charge in [0.15, 0.2) is 11.5 Å². The van der Waals surface area contributed by atoms with Crippen LogP contribution in [0.1, 0.15) is 17.5 Å². The first-order valence-corrected chi connectivity index (χ1v) is 8.68. The Morgan fingerprint density at radius 2 is 2.00 bits per heavy atom. The van der Waals surface area contributed by atoms with Crippen LogP contribution in [0, 0.1) is 0 Å². The third-order valence-corrected chi connectivity index (χ3v) is 6.32. The largest absolute Gasteiger partial charge is 0.454 e. The summed E-state index contributed by atoms with van der Waals surface area (Å²) in [4.78, 5) is 17.2. The normalized spacial score (nSPS) is 35.6. The standard InChI is InChI=1S/C19H22N2O4/c1-20-9-11-6-14-15(25-10-24-14)8-13(11)19-5-4-12(23-3)7-16(19)21(2)18(22)17(19)20/h4-6,8,12,16-17H,7,9-10H2,1-3H3/t12-,16+,17-,19+/m1/s1. The number of rotatable bonds is 1. The van der Waals surface area contributed by atoms with Gasteiger partial charge in [0.05, 0.1) is 11.5 Å². The molecule has 1 spiro atoms. The van der Waals surface area contributed by atoms with Gasteiger partial charge >= 0.3 is 0 Å². The Bertz CT molecular complexity index is 792. The van der Waals surface area contributed by atoms with Gasteiger partial charge in [-0.2, -0.15) is 0 Å². The summed E-state index contributed by atoms with van der Waals surface area (Å²) in [5.74, 6) is 1.75. The molecule has 6 nitrogen and oxygen atoms in total. The van der Waals surface area contributed by atoms with Crippen molar-refractivity contribution in [2.75, 3.05) is 28.0 Å². The minimum Gasteiger partial charge on any atom is -0.454 e. The molecule has 6 heteroatoms. The number of likely N-dealkylation sites (N-methyl/N-ethyl adjacent to an activating group) is 2. The van der Waals surface area contributed by atoms with Crippen LogP contribution in [0.25, 0.3) is 0 Å². The Kier molecular flexibility index (Phi) is 3.04. The lowest BCUT2D eigenvalue weighted by Crippen LogP contribution is -2.56. The summed E-state index contributed by atoms with van der Waals surface area (Å²) in [7, 11) is 5.67. The molecule has 1 aromatic carbocycles. The minimum absolute atomic E-state index is 0.0364. The summed E-state index contributed by atoms with van der Waals surface area (Å²) in [5.41, 5.74) is 2.02. The highest BCUT2D eigenvalue weighted by molar-refractivity contribution is 5.89. The van der Waals surface area contributed by atoms with E-state index in [-0.39, 0.29) is 36.3 Å². The number of nitrogens with zero attached hydrogens (tertiary/aromatic N) is 2. The highest BCUT2D eigenvalue weighted by Gasteiger charge is 2.62. The first-order valence-electron chi connectivity index (χ1n) is 8.68. The lowest BCUT2D eigenvalue weighted by atomic mass is 9.63. The molecule has 0 N–H and O–H groups in total. The van der Waals surface area contributed by atoms with Gasteiger partial charge in [-0.05, 0) is 36.7 Å². The first-order chi connectivity index (χ1) is 12.1. The SMILES string of the molecule is CO[C@@H]1C=C[C@@]23c4cc5c(cc4CN(C)[C@@H]2C(=O)N(C)[C@H]3C1)OCO5. The summed E-state index contributed by atoms with van der Waals surface area (Å²) in [5, 5.41) is 0. The number of benzene rings is 1. The number of fused-ring (bicyclic) bond motifs is 2. The fourth-order valence-corrected chi connectivity index (χ4v) is 5.20. The number of ether oxygens (including phenoxy) is 3. The van der Waals surface area contributed by atoms with Gasteiger partial charge in [-0.3, -0.25) is 9.69 Å². The Balaban J connectivity index is 1.76. The van der Waals surface area contributed by atoms with Gasteiger partial charge in [0.25, 0.3) is 0 Å². The molecule has 0 aromatic heterocycles. The minimum atomic E-state index is -0.371. The molecule has 1 aliphatic carbocycles. The second-order valence-corrected chi connectivity index (χ2v) is 7.45. The maximum atomic E-state index is 13.1. The molecule has 132 valence electrons.